The molecule has 230 valence electrons. The van der Waals surface area contributed by atoms with Crippen molar-refractivity contribution in [2.24, 2.45) is 5.41 Å². The highest BCUT2D eigenvalue weighted by Gasteiger charge is 2.54. The zero-order valence-electron chi connectivity index (χ0n) is 26.7. The third-order valence-corrected chi connectivity index (χ3v) is 9.28. The normalized spacial score (nSPS) is 17.4. The average Bonchev–Trinajstić information content (AvgIpc) is 3.06. The molecule has 0 aliphatic heterocycles. The van der Waals surface area contributed by atoms with Gasteiger partial charge in [-0.1, -0.05) is 78.4 Å². The Morgan fingerprint density at radius 1 is 0.717 bits per heavy atom. The van der Waals surface area contributed by atoms with Gasteiger partial charge in [0.25, 0.3) is 0 Å². The summed E-state index contributed by atoms with van der Waals surface area (Å²) in [4.78, 5) is 27.1. The van der Waals surface area contributed by atoms with Gasteiger partial charge >= 0.3 is 11.9 Å². The molecular formula is C41H36O5. The molecule has 0 fully saturated rings. The molecule has 0 amide bonds. The number of hydrogen-bond acceptors (Lipinski definition) is 5. The summed E-state index contributed by atoms with van der Waals surface area (Å²) < 4.78 is 17.9. The lowest BCUT2D eigenvalue weighted by molar-refractivity contribution is -0.143. The summed E-state index contributed by atoms with van der Waals surface area (Å²) in [6, 6.07) is 36.1. The van der Waals surface area contributed by atoms with E-state index in [9.17, 15) is 9.59 Å². The standard InChI is InChI=1S/C41H36O5/c1-25-14-16-26(17-15-25)24-41-31-12-8-6-10-29(31)35(30-11-7-9-13-32(30)41)36-33(46-39(43)40(2,3)4)22-23-34(37(36)41)45-38(42)27-18-20-28(44-5)21-19-27/h6-23,35H,24H2,1-5H3. The van der Waals surface area contributed by atoms with Gasteiger partial charge in [-0.15, -0.1) is 0 Å². The molecular weight excluding hydrogens is 572 g/mol. The van der Waals surface area contributed by atoms with Crippen LogP contribution in [0.15, 0.2) is 109 Å². The minimum Gasteiger partial charge on any atom is -0.497 e. The summed E-state index contributed by atoms with van der Waals surface area (Å²) in [5.74, 6) is 0.575. The Bertz CT molecular complexity index is 1930. The molecule has 0 atom stereocenters. The zero-order valence-corrected chi connectivity index (χ0v) is 26.7. The minimum absolute atomic E-state index is 0.218. The summed E-state index contributed by atoms with van der Waals surface area (Å²) in [6.07, 6.45) is 0.616. The molecule has 0 N–H and O–H groups in total. The summed E-state index contributed by atoms with van der Waals surface area (Å²) in [5.41, 5.74) is 7.65. The van der Waals surface area contributed by atoms with E-state index in [1.165, 1.54) is 5.56 Å². The highest BCUT2D eigenvalue weighted by atomic mass is 16.5. The van der Waals surface area contributed by atoms with Crippen molar-refractivity contribution in [3.63, 3.8) is 0 Å². The lowest BCUT2D eigenvalue weighted by Gasteiger charge is -2.51. The smallest absolute Gasteiger partial charge is 0.343 e. The van der Waals surface area contributed by atoms with Crippen molar-refractivity contribution >= 4 is 11.9 Å². The Kier molecular flexibility index (Phi) is 7.08. The van der Waals surface area contributed by atoms with Gasteiger partial charge in [0.15, 0.2) is 0 Å². The number of carbonyl (C=O) groups is 2. The van der Waals surface area contributed by atoms with E-state index >= 15 is 0 Å². The van der Waals surface area contributed by atoms with Gasteiger partial charge in [0, 0.05) is 17.0 Å². The Balaban J connectivity index is 1.51. The highest BCUT2D eigenvalue weighted by molar-refractivity contribution is 5.92. The van der Waals surface area contributed by atoms with Crippen LogP contribution >= 0.6 is 0 Å². The number of ether oxygens (including phenoxy) is 3. The van der Waals surface area contributed by atoms with Crippen molar-refractivity contribution in [3.8, 4) is 17.2 Å². The predicted octanol–water partition coefficient (Wildman–Crippen LogP) is 8.56. The monoisotopic (exact) mass is 608 g/mol. The average molecular weight is 609 g/mol. The molecule has 3 aliphatic rings. The molecule has 5 aromatic rings. The van der Waals surface area contributed by atoms with Gasteiger partial charge in [-0.2, -0.15) is 0 Å². The van der Waals surface area contributed by atoms with Gasteiger partial charge < -0.3 is 14.2 Å². The van der Waals surface area contributed by atoms with Crippen LogP contribution in [0.4, 0.5) is 0 Å². The predicted molar refractivity (Wildman–Crippen MR) is 178 cm³/mol. The van der Waals surface area contributed by atoms with Crippen LogP contribution in [-0.2, 0) is 16.6 Å². The van der Waals surface area contributed by atoms with E-state index in [4.69, 9.17) is 14.2 Å². The van der Waals surface area contributed by atoms with Crippen molar-refractivity contribution in [1.82, 2.24) is 0 Å². The number of esters is 2. The van der Waals surface area contributed by atoms with Gasteiger partial charge in [0.05, 0.1) is 23.5 Å². The van der Waals surface area contributed by atoms with Crippen molar-refractivity contribution in [2.45, 2.75) is 45.4 Å². The van der Waals surface area contributed by atoms with Crippen LogP contribution < -0.4 is 14.2 Å². The maximum Gasteiger partial charge on any atom is 0.343 e. The SMILES string of the molecule is COc1ccc(C(=O)Oc2ccc(OC(=O)C(C)(C)C)c3c2C2(Cc4ccc(C)cc4)c4ccccc4C3c3ccccc32)cc1. The third kappa shape index (κ3) is 4.69. The molecule has 0 spiro atoms. The van der Waals surface area contributed by atoms with Crippen LogP contribution in [0.5, 0.6) is 17.2 Å². The molecule has 0 heterocycles. The van der Waals surface area contributed by atoms with Gasteiger partial charge in [-0.3, -0.25) is 4.79 Å². The van der Waals surface area contributed by atoms with E-state index < -0.39 is 16.8 Å². The lowest BCUT2D eigenvalue weighted by atomic mass is 9.51. The Labute approximate surface area is 269 Å². The van der Waals surface area contributed by atoms with Crippen LogP contribution in [0.1, 0.15) is 81.6 Å². The molecule has 46 heavy (non-hydrogen) atoms. The van der Waals surface area contributed by atoms with Crippen LogP contribution in [0.2, 0.25) is 0 Å². The molecule has 5 heteroatoms. The second-order valence-electron chi connectivity index (χ2n) is 13.3. The molecule has 5 aromatic carbocycles. The second-order valence-corrected chi connectivity index (χ2v) is 13.3. The molecule has 5 nitrogen and oxygen atoms in total. The Morgan fingerprint density at radius 3 is 1.89 bits per heavy atom. The van der Waals surface area contributed by atoms with Gasteiger partial charge in [-0.05, 0) is 98.3 Å². The molecule has 0 unspecified atom stereocenters. The summed E-state index contributed by atoms with van der Waals surface area (Å²) >= 11 is 0. The number of rotatable bonds is 6. The second kappa shape index (κ2) is 11.0. The summed E-state index contributed by atoms with van der Waals surface area (Å²) in [6.45, 7) is 7.63. The third-order valence-electron chi connectivity index (χ3n) is 9.28. The molecule has 2 bridgehead atoms. The quantitative estimate of drug-likeness (QED) is 0.143. The number of benzene rings is 5. The molecule has 8 rings (SSSR count). The maximum absolute atomic E-state index is 13.7. The van der Waals surface area contributed by atoms with E-state index in [1.807, 2.05) is 20.8 Å². The summed E-state index contributed by atoms with van der Waals surface area (Å²) in [7, 11) is 1.59. The van der Waals surface area contributed by atoms with Gasteiger partial charge in [0.2, 0.25) is 0 Å². The molecule has 0 saturated heterocycles. The van der Waals surface area contributed by atoms with Crippen LogP contribution in [0, 0.1) is 12.3 Å². The first-order valence-corrected chi connectivity index (χ1v) is 15.6. The topological polar surface area (TPSA) is 61.8 Å². The van der Waals surface area contributed by atoms with Crippen molar-refractivity contribution < 1.29 is 23.8 Å². The van der Waals surface area contributed by atoms with Crippen molar-refractivity contribution in [3.05, 3.63) is 159 Å². The fraction of sp³-hybridized carbons (Fsp3) is 0.220. The van der Waals surface area contributed by atoms with Gasteiger partial charge in [-0.25, -0.2) is 4.79 Å². The van der Waals surface area contributed by atoms with Crippen LogP contribution in [-0.4, -0.2) is 19.0 Å². The van der Waals surface area contributed by atoms with E-state index in [0.717, 1.165) is 38.9 Å². The number of carbonyl (C=O) groups excluding carboxylic acids is 2. The van der Waals surface area contributed by atoms with E-state index in [-0.39, 0.29) is 11.9 Å². The summed E-state index contributed by atoms with van der Waals surface area (Å²) in [5, 5.41) is 0. The number of methoxy groups -OCH3 is 1. The van der Waals surface area contributed by atoms with Crippen molar-refractivity contribution in [2.75, 3.05) is 7.11 Å². The first-order valence-electron chi connectivity index (χ1n) is 15.6. The molecule has 0 saturated carbocycles. The first-order chi connectivity index (χ1) is 22.1. The maximum atomic E-state index is 13.7. The number of aryl methyl sites for hydroxylation is 1. The minimum atomic E-state index is -0.730. The number of hydrogen-bond donors (Lipinski definition) is 0. The molecule has 0 radical (unpaired) electrons. The van der Waals surface area contributed by atoms with E-state index in [0.29, 0.717) is 29.2 Å². The zero-order chi connectivity index (χ0) is 32.2. The van der Waals surface area contributed by atoms with E-state index in [2.05, 4.69) is 79.7 Å². The van der Waals surface area contributed by atoms with Crippen LogP contribution in [0.25, 0.3) is 0 Å². The molecule has 0 aromatic heterocycles. The Morgan fingerprint density at radius 2 is 1.30 bits per heavy atom. The Hall–Kier alpha value is -5.16. The lowest BCUT2D eigenvalue weighted by Crippen LogP contribution is -2.44. The fourth-order valence-corrected chi connectivity index (χ4v) is 7.08. The first kappa shape index (κ1) is 29.5. The fourth-order valence-electron chi connectivity index (χ4n) is 7.08. The van der Waals surface area contributed by atoms with Crippen LogP contribution in [0.3, 0.4) is 0 Å². The van der Waals surface area contributed by atoms with E-state index in [1.54, 1.807) is 43.5 Å². The van der Waals surface area contributed by atoms with Crippen molar-refractivity contribution in [1.29, 1.82) is 0 Å². The highest BCUT2D eigenvalue weighted by Crippen LogP contribution is 2.64. The molecule has 3 aliphatic carbocycles. The largest absolute Gasteiger partial charge is 0.497 e. The van der Waals surface area contributed by atoms with Gasteiger partial charge in [0.1, 0.15) is 17.2 Å².